The summed E-state index contributed by atoms with van der Waals surface area (Å²) in [5, 5.41) is 16.8. The summed E-state index contributed by atoms with van der Waals surface area (Å²) in [7, 11) is 0. The average molecular weight is 813 g/mol. The molecule has 0 bridgehead atoms. The van der Waals surface area contributed by atoms with Crippen LogP contribution in [0.3, 0.4) is 0 Å². The number of hydrogen-bond donors (Lipinski definition) is 10. The summed E-state index contributed by atoms with van der Waals surface area (Å²) < 4.78 is 0. The highest BCUT2D eigenvalue weighted by Gasteiger charge is 2.35. The summed E-state index contributed by atoms with van der Waals surface area (Å²) in [5.41, 5.74) is 18.3. The molecule has 0 saturated heterocycles. The van der Waals surface area contributed by atoms with Gasteiger partial charge in [0.2, 0.25) is 47.3 Å². The number of amides is 8. The zero-order valence-electron chi connectivity index (χ0n) is 34.7. The second-order valence-corrected chi connectivity index (χ2v) is 15.8. The Labute approximate surface area is 340 Å². The van der Waals surface area contributed by atoms with Gasteiger partial charge in [-0.05, 0) is 68.0 Å². The van der Waals surface area contributed by atoms with E-state index in [0.717, 1.165) is 16.5 Å². The maximum Gasteiger partial charge on any atom is 0.243 e. The van der Waals surface area contributed by atoms with Crippen molar-refractivity contribution in [3.05, 3.63) is 36.0 Å². The van der Waals surface area contributed by atoms with E-state index in [9.17, 15) is 38.4 Å². The van der Waals surface area contributed by atoms with Crippen LogP contribution in [0, 0.1) is 17.8 Å². The van der Waals surface area contributed by atoms with Gasteiger partial charge < -0.3 is 54.1 Å². The normalized spacial score (nSPS) is 14.5. The van der Waals surface area contributed by atoms with Gasteiger partial charge in [0.1, 0.15) is 36.3 Å². The molecule has 6 atom stereocenters. The van der Waals surface area contributed by atoms with Gasteiger partial charge in [0.05, 0.1) is 0 Å². The van der Waals surface area contributed by atoms with Crippen molar-refractivity contribution in [3.63, 3.8) is 0 Å². The molecule has 322 valence electrons. The molecule has 13 N–H and O–H groups in total. The predicted molar refractivity (Wildman–Crippen MR) is 219 cm³/mol. The van der Waals surface area contributed by atoms with E-state index in [4.69, 9.17) is 17.2 Å². The fraction of sp³-hybridized carbons (Fsp3) is 0.600. The van der Waals surface area contributed by atoms with Gasteiger partial charge in [-0.25, -0.2) is 0 Å². The molecule has 2 rings (SSSR count). The highest BCUT2D eigenvalue weighted by atomic mass is 16.2. The quantitative estimate of drug-likeness (QED) is 0.0597. The number of aromatic amines is 1. The number of unbranched alkanes of at least 4 members (excludes halogenated alkanes) is 1. The zero-order valence-corrected chi connectivity index (χ0v) is 34.7. The lowest BCUT2D eigenvalue weighted by atomic mass is 9.98. The Morgan fingerprint density at radius 1 is 0.638 bits per heavy atom. The number of fused-ring (bicyclic) bond motifs is 1. The van der Waals surface area contributed by atoms with E-state index in [0.29, 0.717) is 19.4 Å². The molecule has 0 unspecified atom stereocenters. The Morgan fingerprint density at radius 3 is 1.71 bits per heavy atom. The summed E-state index contributed by atoms with van der Waals surface area (Å²) in [5.74, 6) is -6.30. The second kappa shape index (κ2) is 23.6. The Hall–Kier alpha value is -5.52. The minimum Gasteiger partial charge on any atom is -0.370 e. The van der Waals surface area contributed by atoms with Gasteiger partial charge >= 0.3 is 0 Å². The van der Waals surface area contributed by atoms with Gasteiger partial charge in [-0.15, -0.1) is 0 Å². The standard InChI is InChI=1S/C40H64N10O8/c1-21(2)18-31(49-40(58)34(23(5)6)50-37(55)28(14-10-11-17-41)47-39(57)33(22(3)4)45-24(7)51)38(56)46-29(15-16-32(42)52)36(54)48-30(35(43)53)19-25-20-44-27-13-9-8-12-26(25)27/h8-9,12-13,20-23,28-31,33-34,44H,10-11,14-19,41H2,1-7H3,(H2,42,52)(H2,43,53)(H,45,51)(H,46,56)(H,47,57)(H,48,54)(H,49,58)(H,50,55)/t28-,29-,30-,31-,33-,34-/m0/s1. The first-order chi connectivity index (χ1) is 27.2. The van der Waals surface area contributed by atoms with Gasteiger partial charge in [-0.2, -0.15) is 0 Å². The molecule has 0 saturated carbocycles. The summed E-state index contributed by atoms with van der Waals surface area (Å²) in [6.45, 7) is 12.2. The Kier molecular flexibility index (Phi) is 19.8. The molecule has 0 radical (unpaired) electrons. The van der Waals surface area contributed by atoms with Crippen molar-refractivity contribution >= 4 is 58.2 Å². The average Bonchev–Trinajstić information content (AvgIpc) is 3.55. The van der Waals surface area contributed by atoms with E-state index in [1.807, 2.05) is 38.1 Å². The van der Waals surface area contributed by atoms with Crippen LogP contribution in [0.1, 0.15) is 92.6 Å². The van der Waals surface area contributed by atoms with Gasteiger partial charge in [0, 0.05) is 36.9 Å². The van der Waals surface area contributed by atoms with E-state index < -0.39 is 89.4 Å². The van der Waals surface area contributed by atoms with Gasteiger partial charge in [-0.3, -0.25) is 38.4 Å². The molecule has 58 heavy (non-hydrogen) atoms. The SMILES string of the molecule is CC(=O)N[C@H](C(=O)N[C@@H](CCCCN)C(=O)N[C@H](C(=O)N[C@@H](CC(C)C)C(=O)N[C@@H](CCC(N)=O)C(=O)N[C@@H](Cc1c[nH]c2ccccc12)C(N)=O)C(C)C)C(C)C. The molecule has 1 aromatic carbocycles. The highest BCUT2D eigenvalue weighted by Crippen LogP contribution is 2.19. The number of H-pyrrole nitrogens is 1. The number of carbonyl (C=O) groups is 8. The summed E-state index contributed by atoms with van der Waals surface area (Å²) in [4.78, 5) is 108. The first-order valence-corrected chi connectivity index (χ1v) is 19.9. The molecule has 0 spiro atoms. The van der Waals surface area contributed by atoms with E-state index in [1.54, 1.807) is 33.9 Å². The van der Waals surface area contributed by atoms with Gasteiger partial charge in [0.15, 0.2) is 0 Å². The zero-order chi connectivity index (χ0) is 43.7. The predicted octanol–water partition coefficient (Wildman–Crippen LogP) is -0.123. The minimum atomic E-state index is -1.35. The first kappa shape index (κ1) is 48.6. The van der Waals surface area contributed by atoms with E-state index >= 15 is 0 Å². The fourth-order valence-electron chi connectivity index (χ4n) is 6.37. The van der Waals surface area contributed by atoms with Crippen LogP contribution in [-0.4, -0.2) is 95.0 Å². The molecule has 0 aliphatic rings. The van der Waals surface area contributed by atoms with Crippen LogP contribution in [0.2, 0.25) is 0 Å². The summed E-state index contributed by atoms with van der Waals surface area (Å²) >= 11 is 0. The first-order valence-electron chi connectivity index (χ1n) is 19.9. The molecular weight excluding hydrogens is 749 g/mol. The van der Waals surface area contributed by atoms with E-state index in [-0.39, 0.29) is 43.9 Å². The summed E-state index contributed by atoms with van der Waals surface area (Å²) in [6.07, 6.45) is 2.65. The van der Waals surface area contributed by atoms with Crippen molar-refractivity contribution < 1.29 is 38.4 Å². The molecule has 1 heterocycles. The highest BCUT2D eigenvalue weighted by molar-refractivity contribution is 5.97. The Morgan fingerprint density at radius 2 is 1.16 bits per heavy atom. The molecule has 18 nitrogen and oxygen atoms in total. The number of para-hydroxylation sites is 1. The number of aromatic nitrogens is 1. The van der Waals surface area contributed by atoms with Gasteiger partial charge in [0.25, 0.3) is 0 Å². The molecule has 0 fully saturated rings. The van der Waals surface area contributed by atoms with Crippen LogP contribution in [0.4, 0.5) is 0 Å². The molecule has 0 aliphatic heterocycles. The number of nitrogens with one attached hydrogen (secondary N) is 7. The minimum absolute atomic E-state index is 0.0427. The van der Waals surface area contributed by atoms with Crippen molar-refractivity contribution in [2.75, 3.05) is 6.54 Å². The second-order valence-electron chi connectivity index (χ2n) is 15.8. The van der Waals surface area contributed by atoms with Crippen molar-refractivity contribution in [3.8, 4) is 0 Å². The Bertz CT molecular complexity index is 1740. The van der Waals surface area contributed by atoms with Crippen LogP contribution < -0.4 is 49.1 Å². The number of benzene rings is 1. The van der Waals surface area contributed by atoms with E-state index in [2.05, 4.69) is 36.9 Å². The maximum atomic E-state index is 13.9. The largest absolute Gasteiger partial charge is 0.370 e. The third kappa shape index (κ3) is 15.8. The van der Waals surface area contributed by atoms with Gasteiger partial charge in [-0.1, -0.05) is 59.7 Å². The van der Waals surface area contributed by atoms with Crippen LogP contribution >= 0.6 is 0 Å². The molecule has 2 aromatic rings. The van der Waals surface area contributed by atoms with Crippen LogP contribution in [0.15, 0.2) is 30.5 Å². The number of rotatable bonds is 25. The Balaban J connectivity index is 2.30. The van der Waals surface area contributed by atoms with Crippen LogP contribution in [-0.2, 0) is 44.8 Å². The third-order valence-corrected chi connectivity index (χ3v) is 9.55. The van der Waals surface area contributed by atoms with E-state index in [1.165, 1.54) is 6.92 Å². The number of carbonyl (C=O) groups excluding carboxylic acids is 8. The monoisotopic (exact) mass is 812 g/mol. The molecule has 18 heteroatoms. The maximum absolute atomic E-state index is 13.9. The molecule has 1 aromatic heterocycles. The van der Waals surface area contributed by atoms with Crippen molar-refractivity contribution in [1.82, 2.24) is 36.9 Å². The topological polar surface area (TPSA) is 303 Å². The van der Waals surface area contributed by atoms with Crippen LogP contribution in [0.5, 0.6) is 0 Å². The molecular formula is C40H64N10O8. The van der Waals surface area contributed by atoms with Crippen LogP contribution in [0.25, 0.3) is 10.9 Å². The smallest absolute Gasteiger partial charge is 0.243 e. The third-order valence-electron chi connectivity index (χ3n) is 9.55. The van der Waals surface area contributed by atoms with Crippen molar-refractivity contribution in [2.45, 2.75) is 130 Å². The lowest BCUT2D eigenvalue weighted by Crippen LogP contribution is -2.61. The van der Waals surface area contributed by atoms with Crippen molar-refractivity contribution in [1.29, 1.82) is 0 Å². The lowest BCUT2D eigenvalue weighted by Gasteiger charge is -2.29. The number of hydrogen-bond acceptors (Lipinski definition) is 9. The molecule has 8 amide bonds. The molecule has 0 aliphatic carbocycles. The lowest BCUT2D eigenvalue weighted by molar-refractivity contribution is -0.136. The van der Waals surface area contributed by atoms with Crippen molar-refractivity contribution in [2.24, 2.45) is 35.0 Å². The fourth-order valence-corrected chi connectivity index (χ4v) is 6.37. The summed E-state index contributed by atoms with van der Waals surface area (Å²) in [6, 6.07) is 0.544. The number of primary amides is 2. The number of nitrogens with two attached hydrogens (primary N) is 3.